The number of aromatic nitrogens is 2. The number of methoxy groups -OCH3 is 1. The molecule has 0 saturated heterocycles. The average molecular weight is 434 g/mol. The fourth-order valence-corrected chi connectivity index (χ4v) is 4.61. The molecule has 0 unspecified atom stereocenters. The maximum Gasteiger partial charge on any atom is 0.263 e. The number of carbonyl (C=O) groups is 1. The number of amides is 1. The van der Waals surface area contributed by atoms with Crippen LogP contribution in [0.2, 0.25) is 0 Å². The SMILES string of the molecule is COc1ccc(C)cc1-c1csc2nc(-c3ccccc3)n(CCCC(N)=O)c(=O)c12. The number of primary amides is 1. The smallest absolute Gasteiger partial charge is 0.263 e. The van der Waals surface area contributed by atoms with Crippen molar-refractivity contribution < 1.29 is 9.53 Å². The second kappa shape index (κ2) is 8.73. The van der Waals surface area contributed by atoms with E-state index in [-0.39, 0.29) is 17.9 Å². The Hall–Kier alpha value is -3.45. The molecule has 0 aliphatic heterocycles. The fraction of sp³-hybridized carbons (Fsp3) is 0.208. The summed E-state index contributed by atoms with van der Waals surface area (Å²) < 4.78 is 7.20. The molecular formula is C24H23N3O3S. The Bertz CT molecular complexity index is 1310. The first-order valence-electron chi connectivity index (χ1n) is 10.0. The van der Waals surface area contributed by atoms with Gasteiger partial charge in [0.1, 0.15) is 16.4 Å². The number of benzene rings is 2. The Morgan fingerprint density at radius 2 is 1.94 bits per heavy atom. The van der Waals surface area contributed by atoms with Gasteiger partial charge in [0.05, 0.1) is 12.5 Å². The topological polar surface area (TPSA) is 87.2 Å². The summed E-state index contributed by atoms with van der Waals surface area (Å²) in [5, 5.41) is 2.52. The number of fused-ring (bicyclic) bond motifs is 1. The van der Waals surface area contributed by atoms with Crippen molar-refractivity contribution in [1.29, 1.82) is 0 Å². The van der Waals surface area contributed by atoms with Crippen LogP contribution in [0.5, 0.6) is 5.75 Å². The highest BCUT2D eigenvalue weighted by Gasteiger charge is 2.20. The van der Waals surface area contributed by atoms with Crippen LogP contribution in [-0.2, 0) is 11.3 Å². The van der Waals surface area contributed by atoms with Gasteiger partial charge in [0, 0.05) is 35.0 Å². The summed E-state index contributed by atoms with van der Waals surface area (Å²) in [6.07, 6.45) is 0.677. The summed E-state index contributed by atoms with van der Waals surface area (Å²) >= 11 is 1.44. The molecule has 0 radical (unpaired) electrons. The predicted molar refractivity (Wildman–Crippen MR) is 124 cm³/mol. The number of hydrogen-bond acceptors (Lipinski definition) is 5. The van der Waals surface area contributed by atoms with Crippen LogP contribution in [0.25, 0.3) is 32.7 Å². The molecule has 158 valence electrons. The second-order valence-electron chi connectivity index (χ2n) is 7.36. The quantitative estimate of drug-likeness (QED) is 0.469. The third-order valence-corrected chi connectivity index (χ3v) is 6.05. The van der Waals surface area contributed by atoms with Gasteiger partial charge < -0.3 is 10.5 Å². The maximum atomic E-state index is 13.7. The van der Waals surface area contributed by atoms with Gasteiger partial charge in [0.15, 0.2) is 0 Å². The third kappa shape index (κ3) is 4.09. The van der Waals surface area contributed by atoms with Crippen LogP contribution in [0.15, 0.2) is 58.7 Å². The Balaban J connectivity index is 1.95. The van der Waals surface area contributed by atoms with Gasteiger partial charge in [-0.25, -0.2) is 4.98 Å². The molecular weight excluding hydrogens is 410 g/mol. The van der Waals surface area contributed by atoms with E-state index in [0.717, 1.165) is 22.3 Å². The summed E-state index contributed by atoms with van der Waals surface area (Å²) in [4.78, 5) is 30.5. The van der Waals surface area contributed by atoms with Gasteiger partial charge in [-0.15, -0.1) is 11.3 Å². The number of nitrogens with zero attached hydrogens (tertiary/aromatic N) is 2. The normalized spacial score (nSPS) is 11.0. The lowest BCUT2D eigenvalue weighted by atomic mass is 10.0. The van der Waals surface area contributed by atoms with Crippen molar-refractivity contribution in [2.24, 2.45) is 5.73 Å². The van der Waals surface area contributed by atoms with Gasteiger partial charge >= 0.3 is 0 Å². The Morgan fingerprint density at radius 1 is 1.16 bits per heavy atom. The van der Waals surface area contributed by atoms with Crippen molar-refractivity contribution in [3.8, 4) is 28.3 Å². The van der Waals surface area contributed by atoms with E-state index < -0.39 is 0 Å². The highest BCUT2D eigenvalue weighted by Crippen LogP contribution is 2.37. The van der Waals surface area contributed by atoms with E-state index in [1.165, 1.54) is 11.3 Å². The van der Waals surface area contributed by atoms with Crippen LogP contribution in [0.1, 0.15) is 18.4 Å². The molecule has 0 fully saturated rings. The van der Waals surface area contributed by atoms with Crippen LogP contribution in [-0.4, -0.2) is 22.6 Å². The Morgan fingerprint density at radius 3 is 2.65 bits per heavy atom. The molecule has 4 aromatic rings. The molecule has 0 bridgehead atoms. The van der Waals surface area contributed by atoms with Crippen molar-refractivity contribution in [3.05, 3.63) is 69.8 Å². The summed E-state index contributed by atoms with van der Waals surface area (Å²) in [6.45, 7) is 2.36. The fourth-order valence-electron chi connectivity index (χ4n) is 3.68. The minimum Gasteiger partial charge on any atom is -0.496 e. The first-order valence-corrected chi connectivity index (χ1v) is 10.9. The van der Waals surface area contributed by atoms with Crippen molar-refractivity contribution in [3.63, 3.8) is 0 Å². The van der Waals surface area contributed by atoms with E-state index in [4.69, 9.17) is 15.5 Å². The number of carbonyl (C=O) groups excluding carboxylic acids is 1. The zero-order valence-electron chi connectivity index (χ0n) is 17.4. The van der Waals surface area contributed by atoms with Gasteiger partial charge in [-0.2, -0.15) is 0 Å². The monoisotopic (exact) mass is 433 g/mol. The molecule has 0 saturated carbocycles. The van der Waals surface area contributed by atoms with Gasteiger partial charge in [-0.1, -0.05) is 42.0 Å². The lowest BCUT2D eigenvalue weighted by Gasteiger charge is -2.13. The number of rotatable bonds is 7. The molecule has 0 spiro atoms. The maximum absolute atomic E-state index is 13.7. The Labute approximate surface area is 183 Å². The minimum atomic E-state index is -0.385. The van der Waals surface area contributed by atoms with E-state index in [9.17, 15) is 9.59 Å². The number of aryl methyl sites for hydroxylation is 1. The van der Waals surface area contributed by atoms with Gasteiger partial charge in [-0.05, 0) is 25.5 Å². The van der Waals surface area contributed by atoms with Crippen LogP contribution in [0.4, 0.5) is 0 Å². The number of nitrogens with two attached hydrogens (primary N) is 1. The molecule has 0 aliphatic rings. The molecule has 7 heteroatoms. The van der Waals surface area contributed by atoms with E-state index in [1.807, 2.05) is 60.8 Å². The average Bonchev–Trinajstić information content (AvgIpc) is 3.19. The van der Waals surface area contributed by atoms with Crippen LogP contribution < -0.4 is 16.0 Å². The van der Waals surface area contributed by atoms with E-state index in [2.05, 4.69) is 0 Å². The van der Waals surface area contributed by atoms with E-state index in [0.29, 0.717) is 34.8 Å². The summed E-state index contributed by atoms with van der Waals surface area (Å²) in [7, 11) is 1.62. The van der Waals surface area contributed by atoms with E-state index >= 15 is 0 Å². The van der Waals surface area contributed by atoms with Crippen molar-refractivity contribution in [1.82, 2.24) is 9.55 Å². The van der Waals surface area contributed by atoms with Crippen LogP contribution in [0, 0.1) is 6.92 Å². The molecule has 2 aromatic carbocycles. The number of ether oxygens (including phenoxy) is 1. The zero-order valence-corrected chi connectivity index (χ0v) is 18.2. The lowest BCUT2D eigenvalue weighted by Crippen LogP contribution is -2.24. The molecule has 0 atom stereocenters. The first kappa shape index (κ1) is 20.8. The van der Waals surface area contributed by atoms with Gasteiger partial charge in [0.2, 0.25) is 5.91 Å². The largest absolute Gasteiger partial charge is 0.496 e. The second-order valence-corrected chi connectivity index (χ2v) is 8.22. The van der Waals surface area contributed by atoms with Crippen molar-refractivity contribution in [2.45, 2.75) is 26.3 Å². The van der Waals surface area contributed by atoms with Gasteiger partial charge in [0.25, 0.3) is 5.56 Å². The molecule has 2 aromatic heterocycles. The summed E-state index contributed by atoms with van der Waals surface area (Å²) in [6, 6.07) is 15.5. The summed E-state index contributed by atoms with van der Waals surface area (Å²) in [5.74, 6) is 0.911. The number of thiophene rings is 1. The standard InChI is InChI=1S/C24H23N3O3S/c1-15-10-11-19(30-2)17(13-15)18-14-31-23-21(18)24(29)27(12-6-9-20(25)28)22(26-23)16-7-4-3-5-8-16/h3-5,7-8,10-11,13-14H,6,9,12H2,1-2H3,(H2,25,28). The highest BCUT2D eigenvalue weighted by molar-refractivity contribution is 7.17. The predicted octanol–water partition coefficient (Wildman–Crippen LogP) is 4.37. The Kier molecular flexibility index (Phi) is 5.86. The van der Waals surface area contributed by atoms with E-state index in [1.54, 1.807) is 11.7 Å². The molecule has 6 nitrogen and oxygen atoms in total. The van der Waals surface area contributed by atoms with Crippen LogP contribution in [0.3, 0.4) is 0 Å². The van der Waals surface area contributed by atoms with Gasteiger partial charge in [-0.3, -0.25) is 14.2 Å². The first-order chi connectivity index (χ1) is 15.0. The molecule has 31 heavy (non-hydrogen) atoms. The van der Waals surface area contributed by atoms with Crippen LogP contribution >= 0.6 is 11.3 Å². The highest BCUT2D eigenvalue weighted by atomic mass is 32.1. The van der Waals surface area contributed by atoms with Crippen molar-refractivity contribution >= 4 is 27.5 Å². The molecule has 4 rings (SSSR count). The molecule has 2 heterocycles. The summed E-state index contributed by atoms with van der Waals surface area (Å²) in [5.41, 5.74) is 8.78. The molecule has 2 N–H and O–H groups in total. The lowest BCUT2D eigenvalue weighted by molar-refractivity contribution is -0.118. The van der Waals surface area contributed by atoms with Crippen molar-refractivity contribution in [2.75, 3.05) is 7.11 Å². The minimum absolute atomic E-state index is 0.131. The third-order valence-electron chi connectivity index (χ3n) is 5.18. The molecule has 1 amide bonds. The molecule has 0 aliphatic carbocycles. The number of hydrogen-bond donors (Lipinski definition) is 1. The zero-order chi connectivity index (χ0) is 22.0.